The van der Waals surface area contributed by atoms with Crippen LogP contribution >= 0.6 is 0 Å². The Balaban J connectivity index is 2.56. The van der Waals surface area contributed by atoms with Crippen LogP contribution < -0.4 is 5.73 Å². The normalized spacial score (nSPS) is 13.3. The van der Waals surface area contributed by atoms with E-state index in [0.717, 1.165) is 12.8 Å². The lowest BCUT2D eigenvalue weighted by Crippen LogP contribution is -2.24. The highest BCUT2D eigenvalue weighted by Crippen LogP contribution is 2.18. The van der Waals surface area contributed by atoms with Gasteiger partial charge in [-0.25, -0.2) is 0 Å². The third kappa shape index (κ3) is 7.29. The van der Waals surface area contributed by atoms with Gasteiger partial charge in [-0.2, -0.15) is 0 Å². The van der Waals surface area contributed by atoms with Crippen LogP contribution in [0.2, 0.25) is 0 Å². The first-order valence-corrected chi connectivity index (χ1v) is 8.44. The van der Waals surface area contributed by atoms with E-state index < -0.39 is 0 Å². The molecule has 3 heteroatoms. The molecule has 1 rings (SSSR count). The Morgan fingerprint density at radius 1 is 1.26 bits per heavy atom. The molecule has 1 aromatic carbocycles. The summed E-state index contributed by atoms with van der Waals surface area (Å²) in [5, 5.41) is 0. The monoisotopic (exact) mass is 315 g/mol. The van der Waals surface area contributed by atoms with Gasteiger partial charge in [0.2, 0.25) is 0 Å². The maximum absolute atomic E-state index is 11.3. The Morgan fingerprint density at radius 3 is 2.52 bits per heavy atom. The van der Waals surface area contributed by atoms with Gasteiger partial charge < -0.3 is 10.5 Å². The topological polar surface area (TPSA) is 52.3 Å². The molecule has 2 N–H and O–H groups in total. The van der Waals surface area contributed by atoms with Crippen LogP contribution in [0.25, 0.3) is 5.57 Å². The number of hydrogen-bond acceptors (Lipinski definition) is 3. The van der Waals surface area contributed by atoms with Crippen molar-refractivity contribution in [2.75, 3.05) is 6.61 Å². The number of ether oxygens (including phenoxy) is 1. The number of hydrogen-bond donors (Lipinski definition) is 1. The van der Waals surface area contributed by atoms with E-state index >= 15 is 0 Å². The first-order valence-electron chi connectivity index (χ1n) is 8.44. The second-order valence-electron chi connectivity index (χ2n) is 5.56. The van der Waals surface area contributed by atoms with E-state index in [9.17, 15) is 4.79 Å². The average molecular weight is 315 g/mol. The third-order valence-electron chi connectivity index (χ3n) is 3.65. The van der Waals surface area contributed by atoms with Gasteiger partial charge in [0, 0.05) is 12.5 Å². The van der Waals surface area contributed by atoms with Crippen molar-refractivity contribution in [2.24, 2.45) is 5.73 Å². The van der Waals surface area contributed by atoms with Crippen LogP contribution in [0.15, 0.2) is 42.5 Å². The predicted octanol–water partition coefficient (Wildman–Crippen LogP) is 4.27. The Labute approximate surface area is 140 Å². The van der Waals surface area contributed by atoms with E-state index in [2.05, 4.69) is 56.3 Å². The fourth-order valence-electron chi connectivity index (χ4n) is 2.38. The largest absolute Gasteiger partial charge is 0.466 e. The van der Waals surface area contributed by atoms with Crippen molar-refractivity contribution in [3.63, 3.8) is 0 Å². The van der Waals surface area contributed by atoms with Crippen LogP contribution in [0, 0.1) is 0 Å². The lowest BCUT2D eigenvalue weighted by atomic mass is 9.98. The molecule has 0 amide bonds. The standard InChI is InChI=1S/C20H29NO2/c1-4-7-8-17(5-2)18-11-9-16(10-12-18)15-19(21)13-14-20(22)23-6-3/h5,7-12,19H,4,6,13-15,21H2,1-3H3/b8-7-,17-5+. The van der Waals surface area contributed by atoms with Crippen molar-refractivity contribution in [1.82, 2.24) is 0 Å². The summed E-state index contributed by atoms with van der Waals surface area (Å²) in [6.07, 6.45) is 9.28. The number of rotatable bonds is 9. The molecule has 0 aliphatic rings. The molecule has 0 saturated carbocycles. The summed E-state index contributed by atoms with van der Waals surface area (Å²) in [6.45, 7) is 6.42. The molecule has 0 aromatic heterocycles. The molecule has 1 atom stereocenters. The number of carbonyl (C=O) groups excluding carboxylic acids is 1. The fraction of sp³-hybridized carbons (Fsp3) is 0.450. The fourth-order valence-corrected chi connectivity index (χ4v) is 2.38. The summed E-state index contributed by atoms with van der Waals surface area (Å²) in [4.78, 5) is 11.3. The van der Waals surface area contributed by atoms with E-state index in [0.29, 0.717) is 19.4 Å². The van der Waals surface area contributed by atoms with E-state index in [-0.39, 0.29) is 12.0 Å². The number of carbonyl (C=O) groups is 1. The minimum atomic E-state index is -0.168. The lowest BCUT2D eigenvalue weighted by Gasteiger charge is -2.12. The summed E-state index contributed by atoms with van der Waals surface area (Å²) in [5.74, 6) is -0.168. The maximum atomic E-state index is 11.3. The molecule has 0 aliphatic heterocycles. The lowest BCUT2D eigenvalue weighted by molar-refractivity contribution is -0.143. The van der Waals surface area contributed by atoms with Gasteiger partial charge in [-0.1, -0.05) is 49.4 Å². The van der Waals surface area contributed by atoms with Gasteiger partial charge >= 0.3 is 5.97 Å². The summed E-state index contributed by atoms with van der Waals surface area (Å²) >= 11 is 0. The third-order valence-corrected chi connectivity index (χ3v) is 3.65. The van der Waals surface area contributed by atoms with Crippen LogP contribution in [0.4, 0.5) is 0 Å². The predicted molar refractivity (Wildman–Crippen MR) is 97.1 cm³/mol. The minimum absolute atomic E-state index is 0.0218. The quantitative estimate of drug-likeness (QED) is 0.547. The van der Waals surface area contributed by atoms with Gasteiger partial charge in [0.1, 0.15) is 0 Å². The molecule has 1 unspecified atom stereocenters. The maximum Gasteiger partial charge on any atom is 0.305 e. The highest BCUT2D eigenvalue weighted by atomic mass is 16.5. The molecule has 0 radical (unpaired) electrons. The second-order valence-corrected chi connectivity index (χ2v) is 5.56. The van der Waals surface area contributed by atoms with Gasteiger partial charge in [-0.15, -0.1) is 0 Å². The van der Waals surface area contributed by atoms with Crippen molar-refractivity contribution in [1.29, 1.82) is 0 Å². The molecular formula is C20H29NO2. The Hall–Kier alpha value is -1.87. The Morgan fingerprint density at radius 2 is 1.96 bits per heavy atom. The van der Waals surface area contributed by atoms with Crippen molar-refractivity contribution in [3.8, 4) is 0 Å². The molecule has 0 saturated heterocycles. The first-order chi connectivity index (χ1) is 11.1. The molecule has 0 aliphatic carbocycles. The van der Waals surface area contributed by atoms with Crippen LogP contribution in [0.5, 0.6) is 0 Å². The van der Waals surface area contributed by atoms with Crippen molar-refractivity contribution < 1.29 is 9.53 Å². The van der Waals surface area contributed by atoms with Crippen LogP contribution in [-0.2, 0) is 16.0 Å². The molecule has 23 heavy (non-hydrogen) atoms. The molecule has 0 spiro atoms. The zero-order valence-corrected chi connectivity index (χ0v) is 14.5. The van der Waals surface area contributed by atoms with E-state index in [1.807, 2.05) is 6.92 Å². The molecule has 3 nitrogen and oxygen atoms in total. The van der Waals surface area contributed by atoms with Gasteiger partial charge in [-0.3, -0.25) is 4.79 Å². The van der Waals surface area contributed by atoms with Crippen LogP contribution in [-0.4, -0.2) is 18.6 Å². The van der Waals surface area contributed by atoms with Gasteiger partial charge in [0.05, 0.1) is 6.61 Å². The molecular weight excluding hydrogens is 286 g/mol. The van der Waals surface area contributed by atoms with Gasteiger partial charge in [0.15, 0.2) is 0 Å². The van der Waals surface area contributed by atoms with Gasteiger partial charge in [0.25, 0.3) is 0 Å². The molecule has 0 fully saturated rings. The Bertz CT molecular complexity index is 529. The summed E-state index contributed by atoms with van der Waals surface area (Å²) in [5.41, 5.74) is 9.74. The molecule has 0 bridgehead atoms. The van der Waals surface area contributed by atoms with Gasteiger partial charge in [-0.05, 0) is 49.8 Å². The zero-order valence-electron chi connectivity index (χ0n) is 14.5. The van der Waals surface area contributed by atoms with E-state index in [1.165, 1.54) is 16.7 Å². The minimum Gasteiger partial charge on any atom is -0.466 e. The average Bonchev–Trinajstić information content (AvgIpc) is 2.55. The highest BCUT2D eigenvalue weighted by molar-refractivity contribution is 5.73. The second kappa shape index (κ2) is 10.8. The number of nitrogens with two attached hydrogens (primary N) is 1. The first kappa shape index (κ1) is 19.2. The summed E-state index contributed by atoms with van der Waals surface area (Å²) in [6, 6.07) is 8.46. The van der Waals surface area contributed by atoms with Crippen molar-refractivity contribution >= 4 is 11.5 Å². The number of allylic oxidation sites excluding steroid dienone is 4. The number of benzene rings is 1. The van der Waals surface area contributed by atoms with Crippen LogP contribution in [0.1, 0.15) is 51.2 Å². The SMILES string of the molecule is C/C=C(\C=C/CC)c1ccc(CC(N)CCC(=O)OCC)cc1. The van der Waals surface area contributed by atoms with E-state index in [4.69, 9.17) is 10.5 Å². The van der Waals surface area contributed by atoms with Crippen molar-refractivity contribution in [2.45, 2.75) is 52.5 Å². The van der Waals surface area contributed by atoms with E-state index in [1.54, 1.807) is 0 Å². The van der Waals surface area contributed by atoms with Crippen LogP contribution in [0.3, 0.4) is 0 Å². The summed E-state index contributed by atoms with van der Waals surface area (Å²) in [7, 11) is 0. The van der Waals surface area contributed by atoms with Crippen molar-refractivity contribution in [3.05, 3.63) is 53.6 Å². The Kier molecular flexibility index (Phi) is 9.00. The molecule has 1 aromatic rings. The number of esters is 1. The molecule has 0 heterocycles. The smallest absolute Gasteiger partial charge is 0.305 e. The summed E-state index contributed by atoms with van der Waals surface area (Å²) < 4.78 is 4.92. The zero-order chi connectivity index (χ0) is 17.1. The highest BCUT2D eigenvalue weighted by Gasteiger charge is 2.09. The molecule has 126 valence electrons.